The highest BCUT2D eigenvalue weighted by Crippen LogP contribution is 2.35. The van der Waals surface area contributed by atoms with Crippen LogP contribution in [0.5, 0.6) is 0 Å². The average molecular weight is 328 g/mol. The first-order valence-electron chi connectivity index (χ1n) is 6.21. The molecule has 0 radical (unpaired) electrons. The first-order chi connectivity index (χ1) is 9.63. The third kappa shape index (κ3) is 4.07. The van der Waals surface area contributed by atoms with Crippen molar-refractivity contribution in [2.24, 2.45) is 5.73 Å². The van der Waals surface area contributed by atoms with Gasteiger partial charge in [-0.2, -0.15) is 13.2 Å². The van der Waals surface area contributed by atoms with E-state index in [9.17, 15) is 26.0 Å². The van der Waals surface area contributed by atoms with Crippen LogP contribution in [-0.4, -0.2) is 26.5 Å². The van der Waals surface area contributed by atoms with Gasteiger partial charge < -0.3 is 11.1 Å². The minimum atomic E-state index is -5.64. The lowest BCUT2D eigenvalue weighted by molar-refractivity contribution is -0.0435. The highest BCUT2D eigenvalue weighted by molar-refractivity contribution is 7.92. The van der Waals surface area contributed by atoms with Crippen molar-refractivity contribution in [1.82, 2.24) is 0 Å². The molecule has 0 bridgehead atoms. The molecule has 0 aliphatic rings. The zero-order valence-electron chi connectivity index (χ0n) is 11.2. The fourth-order valence-corrected chi connectivity index (χ4v) is 2.71. The van der Waals surface area contributed by atoms with Crippen molar-refractivity contribution in [2.45, 2.75) is 36.2 Å². The van der Waals surface area contributed by atoms with Crippen molar-refractivity contribution in [3.05, 3.63) is 24.0 Å². The molecule has 3 N–H and O–H groups in total. The van der Waals surface area contributed by atoms with Crippen molar-refractivity contribution in [1.29, 1.82) is 0 Å². The number of hydrogen-bond donors (Lipinski definition) is 2. The summed E-state index contributed by atoms with van der Waals surface area (Å²) in [7, 11) is -5.64. The van der Waals surface area contributed by atoms with E-state index in [4.69, 9.17) is 5.73 Å². The van der Waals surface area contributed by atoms with Crippen LogP contribution in [0.2, 0.25) is 0 Å². The van der Waals surface area contributed by atoms with E-state index in [0.717, 1.165) is 12.1 Å². The van der Waals surface area contributed by atoms with Crippen molar-refractivity contribution >= 4 is 15.5 Å². The molecule has 120 valence electrons. The van der Waals surface area contributed by atoms with Gasteiger partial charge >= 0.3 is 5.51 Å². The molecular formula is C12H16F4N2O2S. The van der Waals surface area contributed by atoms with E-state index in [0.29, 0.717) is 18.9 Å². The maximum atomic E-state index is 13.1. The largest absolute Gasteiger partial charge is 0.501 e. The van der Waals surface area contributed by atoms with Crippen LogP contribution in [0.4, 0.5) is 23.2 Å². The monoisotopic (exact) mass is 328 g/mol. The summed E-state index contributed by atoms with van der Waals surface area (Å²) in [5.41, 5.74) is -0.334. The number of hydrogen-bond acceptors (Lipinski definition) is 4. The second-order valence-corrected chi connectivity index (χ2v) is 6.36. The molecule has 0 aromatic heterocycles. The number of nitrogens with two attached hydrogens (primary N) is 1. The Morgan fingerprint density at radius 3 is 2.43 bits per heavy atom. The molecule has 0 aliphatic carbocycles. The topological polar surface area (TPSA) is 72.2 Å². The van der Waals surface area contributed by atoms with Crippen molar-refractivity contribution < 1.29 is 26.0 Å². The van der Waals surface area contributed by atoms with Crippen molar-refractivity contribution in [3.8, 4) is 0 Å². The van der Waals surface area contributed by atoms with Gasteiger partial charge in [0, 0.05) is 12.6 Å². The molecule has 0 saturated heterocycles. The van der Waals surface area contributed by atoms with Crippen LogP contribution in [-0.2, 0) is 9.84 Å². The molecule has 0 heterocycles. The van der Waals surface area contributed by atoms with Gasteiger partial charge in [-0.25, -0.2) is 12.8 Å². The highest BCUT2D eigenvalue weighted by Gasteiger charge is 2.48. The van der Waals surface area contributed by atoms with E-state index in [2.05, 4.69) is 5.32 Å². The molecule has 21 heavy (non-hydrogen) atoms. The first-order valence-corrected chi connectivity index (χ1v) is 7.69. The van der Waals surface area contributed by atoms with Crippen LogP contribution in [0.15, 0.2) is 23.1 Å². The summed E-state index contributed by atoms with van der Waals surface area (Å²) in [5, 5.41) is 2.63. The Morgan fingerprint density at radius 2 is 1.95 bits per heavy atom. The lowest BCUT2D eigenvalue weighted by Crippen LogP contribution is -2.30. The van der Waals surface area contributed by atoms with Crippen LogP contribution < -0.4 is 11.1 Å². The molecule has 0 aliphatic heterocycles. The number of benzene rings is 1. The minimum Gasteiger partial charge on any atom is -0.380 e. The predicted octanol–water partition coefficient (Wildman–Crippen LogP) is 2.66. The Morgan fingerprint density at radius 1 is 1.33 bits per heavy atom. The number of nitrogens with one attached hydrogen (secondary N) is 1. The fourth-order valence-electron chi connectivity index (χ4n) is 1.78. The highest BCUT2D eigenvalue weighted by atomic mass is 32.2. The summed E-state index contributed by atoms with van der Waals surface area (Å²) in [6.07, 6.45) is 1.25. The van der Waals surface area contributed by atoms with Crippen LogP contribution in [0.25, 0.3) is 0 Å². The van der Waals surface area contributed by atoms with E-state index in [1.807, 2.05) is 6.92 Å². The quantitative estimate of drug-likeness (QED) is 0.788. The Kier molecular flexibility index (Phi) is 5.57. The summed E-state index contributed by atoms with van der Waals surface area (Å²) in [6.45, 7) is 1.96. The zero-order valence-corrected chi connectivity index (χ0v) is 12.1. The Bertz CT molecular complexity index is 587. The number of anilines is 1. The maximum Gasteiger partial charge on any atom is 0.501 e. The number of halogens is 4. The standard InChI is InChI=1S/C12H16F4N2O2S/c1-2-3-9(7-17)18-10-5-4-8(13)6-11(10)21(19,20)12(14,15)16/h4-6,9,18H,2-3,7,17H2,1H3. The molecule has 1 atom stereocenters. The number of sulfone groups is 1. The summed E-state index contributed by atoms with van der Waals surface area (Å²) in [5.74, 6) is -1.07. The Labute approximate surface area is 120 Å². The number of rotatable bonds is 6. The molecule has 0 fully saturated rings. The molecule has 0 saturated carbocycles. The first kappa shape index (κ1) is 17.7. The second kappa shape index (κ2) is 6.61. The number of alkyl halides is 3. The van der Waals surface area contributed by atoms with Crippen LogP contribution in [0, 0.1) is 5.82 Å². The molecule has 1 rings (SSSR count). The van der Waals surface area contributed by atoms with Gasteiger partial charge in [-0.15, -0.1) is 0 Å². The lowest BCUT2D eigenvalue weighted by atomic mass is 10.1. The summed E-state index contributed by atoms with van der Waals surface area (Å²) >= 11 is 0. The molecule has 9 heteroatoms. The van der Waals surface area contributed by atoms with Crippen molar-refractivity contribution in [3.63, 3.8) is 0 Å². The van der Waals surface area contributed by atoms with Gasteiger partial charge in [0.25, 0.3) is 9.84 Å². The van der Waals surface area contributed by atoms with Gasteiger partial charge in [0.2, 0.25) is 0 Å². The van der Waals surface area contributed by atoms with E-state index < -0.39 is 32.1 Å². The van der Waals surface area contributed by atoms with Gasteiger partial charge in [-0.3, -0.25) is 0 Å². The normalized spacial score (nSPS) is 14.0. The predicted molar refractivity (Wildman–Crippen MR) is 71.0 cm³/mol. The Hall–Kier alpha value is -1.35. The second-order valence-electron chi connectivity index (χ2n) is 4.46. The molecule has 1 unspecified atom stereocenters. The van der Waals surface area contributed by atoms with Crippen LogP contribution in [0.1, 0.15) is 19.8 Å². The smallest absolute Gasteiger partial charge is 0.380 e. The van der Waals surface area contributed by atoms with Crippen LogP contribution >= 0.6 is 0 Å². The minimum absolute atomic E-state index is 0.108. The third-order valence-electron chi connectivity index (χ3n) is 2.82. The van der Waals surface area contributed by atoms with Gasteiger partial charge in [0.1, 0.15) is 10.7 Å². The van der Waals surface area contributed by atoms with E-state index in [1.54, 1.807) is 0 Å². The van der Waals surface area contributed by atoms with Gasteiger partial charge in [0.15, 0.2) is 0 Å². The van der Waals surface area contributed by atoms with Gasteiger partial charge in [-0.1, -0.05) is 13.3 Å². The van der Waals surface area contributed by atoms with Crippen molar-refractivity contribution in [2.75, 3.05) is 11.9 Å². The summed E-state index contributed by atoms with van der Waals surface area (Å²) in [6, 6.07) is 1.80. The SMILES string of the molecule is CCCC(CN)Nc1ccc(F)cc1S(=O)(=O)C(F)(F)F. The fraction of sp³-hybridized carbons (Fsp3) is 0.500. The van der Waals surface area contributed by atoms with Crippen LogP contribution in [0.3, 0.4) is 0 Å². The average Bonchev–Trinajstić information content (AvgIpc) is 2.38. The van der Waals surface area contributed by atoms with E-state index >= 15 is 0 Å². The Balaban J connectivity index is 3.30. The third-order valence-corrected chi connectivity index (χ3v) is 4.35. The molecule has 1 aromatic carbocycles. The lowest BCUT2D eigenvalue weighted by Gasteiger charge is -2.20. The molecule has 1 aromatic rings. The van der Waals surface area contributed by atoms with Gasteiger partial charge in [0.05, 0.1) is 5.69 Å². The van der Waals surface area contributed by atoms with E-state index in [1.165, 1.54) is 0 Å². The molecule has 0 spiro atoms. The molecule has 4 nitrogen and oxygen atoms in total. The van der Waals surface area contributed by atoms with E-state index in [-0.39, 0.29) is 12.2 Å². The summed E-state index contributed by atoms with van der Waals surface area (Å²) in [4.78, 5) is -1.13. The maximum absolute atomic E-state index is 13.1. The summed E-state index contributed by atoms with van der Waals surface area (Å²) < 4.78 is 74.0. The van der Waals surface area contributed by atoms with Gasteiger partial charge in [-0.05, 0) is 24.6 Å². The molecule has 0 amide bonds. The molecular weight excluding hydrogens is 312 g/mol. The zero-order chi connectivity index (χ0) is 16.3.